The monoisotopic (exact) mass is 905 g/mol. The van der Waals surface area contributed by atoms with Gasteiger partial charge in [-0.05, 0) is 133 Å². The van der Waals surface area contributed by atoms with Gasteiger partial charge in [0.05, 0.1) is 0 Å². The third-order valence-electron chi connectivity index (χ3n) is 10.4. The summed E-state index contributed by atoms with van der Waals surface area (Å²) in [5.74, 6) is 0. The van der Waals surface area contributed by atoms with E-state index >= 15 is 0 Å². The van der Waals surface area contributed by atoms with E-state index in [4.69, 9.17) is 8.53 Å². The molecular weight excluding hydrogens is 863 g/mol. The van der Waals surface area contributed by atoms with Crippen molar-refractivity contribution in [3.8, 4) is 55.9 Å². The van der Waals surface area contributed by atoms with Crippen molar-refractivity contribution in [1.29, 1.82) is 0 Å². The van der Waals surface area contributed by atoms with Gasteiger partial charge in [0.15, 0.2) is 0 Å². The number of pyridine rings is 2. The molecule has 5 heteroatoms. The third kappa shape index (κ3) is 6.85. The molecule has 1 N–H and O–H groups in total. The molecule has 0 aliphatic carbocycles. The maximum Gasteiger partial charge on any atom is 0.136 e. The topological polar surface area (TPSA) is 51.0 Å². The molecule has 1 aliphatic heterocycles. The minimum atomic E-state index is -2.20. The summed E-state index contributed by atoms with van der Waals surface area (Å²) in [5, 5.41) is 5.90. The van der Waals surface area contributed by atoms with Crippen LogP contribution in [0, 0.1) is 46.7 Å². The average molecular weight is 905 g/mol. The normalized spacial score (nSPS) is 12.3. The van der Waals surface area contributed by atoms with Crippen LogP contribution in [-0.4, -0.2) is 9.97 Å². The van der Waals surface area contributed by atoms with Gasteiger partial charge in [-0.15, -0.1) is 59.7 Å². The number of anilines is 2. The maximum absolute atomic E-state index is 7.75. The van der Waals surface area contributed by atoms with Crippen molar-refractivity contribution in [2.75, 3.05) is 5.32 Å². The predicted molar refractivity (Wildman–Crippen MR) is 228 cm³/mol. The number of rotatable bonds is 3. The number of hydrogen-bond donors (Lipinski definition) is 1. The van der Waals surface area contributed by atoms with Gasteiger partial charge in [0.1, 0.15) is 11.2 Å². The van der Waals surface area contributed by atoms with E-state index < -0.39 is 6.85 Å². The molecule has 6 aromatic carbocycles. The standard InChI is InChI=1S/C40H31N2O.C11H8N.Ir/c1-22-10-12-35(41-21-22)27-11-13-36-32(16-27)30-17-28(40-24(3)14-23(2)15-25(40)4)18-31(26(30)5)33-20-39-34(19-37(33)42-36)29-8-6-7-9-38(29)43-39;1-2-6-10(7-3-1)11-8-4-5-9-12-11;/h6-10,12-21,42H,1-5H3;1-6,8-9H;/q2*-1;/i1D3;;. The van der Waals surface area contributed by atoms with Crippen molar-refractivity contribution in [3.05, 3.63) is 180 Å². The molecule has 4 heterocycles. The number of benzene rings is 6. The van der Waals surface area contributed by atoms with Gasteiger partial charge >= 0.3 is 0 Å². The van der Waals surface area contributed by atoms with E-state index in [-0.39, 0.29) is 25.7 Å². The van der Waals surface area contributed by atoms with Gasteiger partial charge in [0.2, 0.25) is 0 Å². The van der Waals surface area contributed by atoms with E-state index in [1.165, 1.54) is 28.5 Å². The van der Waals surface area contributed by atoms with E-state index in [2.05, 4.69) is 104 Å². The van der Waals surface area contributed by atoms with Gasteiger partial charge in [0, 0.05) is 58.6 Å². The summed E-state index contributed by atoms with van der Waals surface area (Å²) in [4.78, 5) is 8.75. The first kappa shape index (κ1) is 33.2. The van der Waals surface area contributed by atoms with Crippen molar-refractivity contribution >= 4 is 33.3 Å². The minimum absolute atomic E-state index is 0. The number of furan rings is 1. The van der Waals surface area contributed by atoms with Crippen LogP contribution in [-0.2, 0) is 20.1 Å². The van der Waals surface area contributed by atoms with Crippen molar-refractivity contribution in [2.24, 2.45) is 0 Å². The third-order valence-corrected chi connectivity index (χ3v) is 10.4. The molecule has 0 saturated heterocycles. The Hall–Kier alpha value is -6.13. The molecule has 0 spiro atoms. The molecule has 1 radical (unpaired) electrons. The Kier molecular flexibility index (Phi) is 9.01. The fourth-order valence-corrected chi connectivity index (χ4v) is 7.89. The van der Waals surface area contributed by atoms with Gasteiger partial charge in [-0.3, -0.25) is 0 Å². The molecule has 56 heavy (non-hydrogen) atoms. The molecule has 0 atom stereocenters. The second-order valence-electron chi connectivity index (χ2n) is 14.2. The first-order valence-electron chi connectivity index (χ1n) is 19.9. The minimum Gasteiger partial charge on any atom is -0.456 e. The van der Waals surface area contributed by atoms with Crippen LogP contribution in [0.15, 0.2) is 144 Å². The number of aryl methyl sites for hydroxylation is 4. The van der Waals surface area contributed by atoms with Gasteiger partial charge in [0.25, 0.3) is 0 Å². The molecule has 10 rings (SSSR count). The Bertz CT molecular complexity index is 2930. The van der Waals surface area contributed by atoms with Crippen LogP contribution in [0.4, 0.5) is 11.4 Å². The molecule has 1 aliphatic rings. The molecule has 0 fully saturated rings. The van der Waals surface area contributed by atoms with Crippen molar-refractivity contribution < 1.29 is 28.6 Å². The number of aromatic nitrogens is 2. The summed E-state index contributed by atoms with van der Waals surface area (Å²) < 4.78 is 29.6. The largest absolute Gasteiger partial charge is 0.456 e. The van der Waals surface area contributed by atoms with E-state index in [9.17, 15) is 0 Å². The molecule has 4 nitrogen and oxygen atoms in total. The average Bonchev–Trinajstić information content (AvgIpc) is 3.59. The number of nitrogens with one attached hydrogen (secondary N) is 1. The zero-order valence-electron chi connectivity index (χ0n) is 34.4. The fraction of sp³-hybridized carbons (Fsp3) is 0.0980. The van der Waals surface area contributed by atoms with Crippen LogP contribution in [0.1, 0.15) is 31.9 Å². The van der Waals surface area contributed by atoms with Crippen LogP contribution < -0.4 is 5.32 Å². The van der Waals surface area contributed by atoms with Gasteiger partial charge < -0.3 is 19.7 Å². The molecule has 0 saturated carbocycles. The van der Waals surface area contributed by atoms with E-state index in [0.29, 0.717) is 5.69 Å². The summed E-state index contributed by atoms with van der Waals surface area (Å²) in [6.07, 6.45) is 3.23. The first-order valence-corrected chi connectivity index (χ1v) is 18.4. The summed E-state index contributed by atoms with van der Waals surface area (Å²) in [7, 11) is 0. The molecule has 0 unspecified atom stereocenters. The number of fused-ring (bicyclic) bond motifs is 9. The quantitative estimate of drug-likeness (QED) is 0.180. The predicted octanol–water partition coefficient (Wildman–Crippen LogP) is 13.6. The molecular formula is C51H39IrN3O-2. The van der Waals surface area contributed by atoms with E-state index in [1.54, 1.807) is 18.3 Å². The fourth-order valence-electron chi connectivity index (χ4n) is 7.89. The van der Waals surface area contributed by atoms with Gasteiger partial charge in [-0.1, -0.05) is 65.7 Å². The van der Waals surface area contributed by atoms with Crippen molar-refractivity contribution in [1.82, 2.24) is 9.97 Å². The SMILES string of the molecule is [2H]C([2H])([2H])c1ccc(-c2[c-]cc3c(c2)-c2cc(-c4c(C)cc(C)cc4C)cc(c2C)-c2cc4oc5ccccc5c4cc2N3)nc1.[Ir].[c-]1ccccc1-c1ccccn1. The Balaban J connectivity index is 0.000000319. The number of para-hydroxylation sites is 1. The Labute approximate surface area is 345 Å². The second kappa shape index (κ2) is 15.2. The van der Waals surface area contributed by atoms with Crippen LogP contribution in [0.5, 0.6) is 0 Å². The molecule has 2 bridgehead atoms. The smallest absolute Gasteiger partial charge is 0.136 e. The molecule has 275 valence electrons. The zero-order valence-corrected chi connectivity index (χ0v) is 33.8. The second-order valence-corrected chi connectivity index (χ2v) is 14.2. The Morgan fingerprint density at radius 2 is 1.36 bits per heavy atom. The Morgan fingerprint density at radius 1 is 0.607 bits per heavy atom. The number of nitrogens with zero attached hydrogens (tertiary/aromatic N) is 2. The Morgan fingerprint density at radius 3 is 2.07 bits per heavy atom. The molecule has 9 aromatic rings. The summed E-state index contributed by atoms with van der Waals surface area (Å²) >= 11 is 0. The van der Waals surface area contributed by atoms with Crippen molar-refractivity contribution in [2.45, 2.75) is 34.5 Å². The van der Waals surface area contributed by atoms with E-state index in [0.717, 1.165) is 83.5 Å². The van der Waals surface area contributed by atoms with Crippen LogP contribution in [0.2, 0.25) is 0 Å². The van der Waals surface area contributed by atoms with Gasteiger partial charge in [-0.25, -0.2) is 0 Å². The maximum atomic E-state index is 7.75. The van der Waals surface area contributed by atoms with Crippen molar-refractivity contribution in [3.63, 3.8) is 0 Å². The van der Waals surface area contributed by atoms with Gasteiger partial charge in [-0.2, -0.15) is 0 Å². The summed E-state index contributed by atoms with van der Waals surface area (Å²) in [5.41, 5.74) is 19.0. The van der Waals surface area contributed by atoms with Crippen LogP contribution in [0.25, 0.3) is 77.8 Å². The van der Waals surface area contributed by atoms with E-state index in [1.807, 2.05) is 66.7 Å². The molecule has 0 amide bonds. The number of hydrogen-bond acceptors (Lipinski definition) is 4. The van der Waals surface area contributed by atoms with Crippen LogP contribution >= 0.6 is 0 Å². The first-order chi connectivity index (χ1) is 28.0. The zero-order chi connectivity index (χ0) is 40.1. The van der Waals surface area contributed by atoms with Crippen LogP contribution in [0.3, 0.4) is 0 Å². The summed E-state index contributed by atoms with van der Waals surface area (Å²) in [6.45, 7) is 6.49. The summed E-state index contributed by atoms with van der Waals surface area (Å²) in [6, 6.07) is 49.3. The molecule has 3 aromatic heterocycles.